The highest BCUT2D eigenvalue weighted by atomic mass is 16.6. The predicted octanol–water partition coefficient (Wildman–Crippen LogP) is 3.18. The fourth-order valence-corrected chi connectivity index (χ4v) is 2.07. The van der Waals surface area contributed by atoms with E-state index in [1.54, 1.807) is 26.8 Å². The lowest BCUT2D eigenvalue weighted by atomic mass is 10.1. The van der Waals surface area contributed by atoms with Gasteiger partial charge in [0.15, 0.2) is 0 Å². The van der Waals surface area contributed by atoms with E-state index in [9.17, 15) is 9.59 Å². The summed E-state index contributed by atoms with van der Waals surface area (Å²) in [7, 11) is 1.52. The van der Waals surface area contributed by atoms with E-state index >= 15 is 0 Å². The molecule has 1 unspecified atom stereocenters. The molecule has 0 aliphatic heterocycles. The standard InChI is InChI=1S/C17H21N3O3/c1-17(2,3)23-16(22)20(4)15(11-21)14-10-13(18-19-14)12-8-6-5-7-9-12/h5-11,15H,1-4H3,(H,18,19). The molecular formula is C17H21N3O3. The maximum atomic E-state index is 12.1. The summed E-state index contributed by atoms with van der Waals surface area (Å²) in [4.78, 5) is 24.8. The van der Waals surface area contributed by atoms with Gasteiger partial charge in [-0.15, -0.1) is 0 Å². The Kier molecular flexibility index (Phi) is 4.83. The average Bonchev–Trinajstić information content (AvgIpc) is 2.97. The molecule has 1 N–H and O–H groups in total. The van der Waals surface area contributed by atoms with Crippen molar-refractivity contribution in [3.63, 3.8) is 0 Å². The van der Waals surface area contributed by atoms with Crippen LogP contribution in [0.2, 0.25) is 0 Å². The van der Waals surface area contributed by atoms with Gasteiger partial charge in [-0.25, -0.2) is 4.79 Å². The molecule has 0 radical (unpaired) electrons. The van der Waals surface area contributed by atoms with Crippen LogP contribution in [0.1, 0.15) is 32.5 Å². The molecule has 0 aliphatic rings. The molecule has 6 heteroatoms. The molecule has 23 heavy (non-hydrogen) atoms. The van der Waals surface area contributed by atoms with Crippen LogP contribution in [0.3, 0.4) is 0 Å². The van der Waals surface area contributed by atoms with Crippen LogP contribution in [-0.4, -0.2) is 40.1 Å². The molecular weight excluding hydrogens is 294 g/mol. The van der Waals surface area contributed by atoms with Crippen molar-refractivity contribution in [2.24, 2.45) is 0 Å². The third kappa shape index (κ3) is 4.18. The molecule has 0 saturated carbocycles. The molecule has 0 saturated heterocycles. The normalized spacial score (nSPS) is 12.5. The number of likely N-dealkylation sites (N-methyl/N-ethyl adjacent to an activating group) is 1. The molecule has 0 bridgehead atoms. The van der Waals surface area contributed by atoms with Gasteiger partial charge in [0.25, 0.3) is 0 Å². The summed E-state index contributed by atoms with van der Waals surface area (Å²) in [6, 6.07) is 10.6. The molecule has 2 aromatic rings. The van der Waals surface area contributed by atoms with Crippen molar-refractivity contribution in [2.45, 2.75) is 32.4 Å². The second-order valence-electron chi connectivity index (χ2n) is 6.25. The first-order valence-corrected chi connectivity index (χ1v) is 7.33. The molecule has 1 heterocycles. The van der Waals surface area contributed by atoms with E-state index in [-0.39, 0.29) is 0 Å². The molecule has 0 aliphatic carbocycles. The molecule has 122 valence electrons. The highest BCUT2D eigenvalue weighted by Gasteiger charge is 2.27. The number of aldehydes is 1. The van der Waals surface area contributed by atoms with Crippen LogP contribution in [0.15, 0.2) is 36.4 Å². The number of amides is 1. The topological polar surface area (TPSA) is 75.3 Å². The molecule has 1 amide bonds. The number of nitrogens with zero attached hydrogens (tertiary/aromatic N) is 2. The number of ether oxygens (including phenoxy) is 1. The Morgan fingerprint density at radius 3 is 2.52 bits per heavy atom. The summed E-state index contributed by atoms with van der Waals surface area (Å²) in [6.07, 6.45) is 0.122. The minimum absolute atomic E-state index is 0.534. The van der Waals surface area contributed by atoms with Gasteiger partial charge in [-0.3, -0.25) is 10.00 Å². The van der Waals surface area contributed by atoms with Crippen LogP contribution in [0, 0.1) is 0 Å². The second-order valence-corrected chi connectivity index (χ2v) is 6.25. The van der Waals surface area contributed by atoms with Gasteiger partial charge in [-0.05, 0) is 26.8 Å². The minimum Gasteiger partial charge on any atom is -0.444 e. The maximum absolute atomic E-state index is 12.1. The average molecular weight is 315 g/mol. The number of benzene rings is 1. The van der Waals surface area contributed by atoms with Crippen molar-refractivity contribution in [1.82, 2.24) is 15.1 Å². The molecule has 1 aromatic carbocycles. The summed E-state index contributed by atoms with van der Waals surface area (Å²) in [5.74, 6) is 0. The number of aromatic amines is 1. The first-order chi connectivity index (χ1) is 10.8. The largest absolute Gasteiger partial charge is 0.444 e. The third-order valence-corrected chi connectivity index (χ3v) is 3.21. The number of hydrogen-bond acceptors (Lipinski definition) is 4. The van der Waals surface area contributed by atoms with Crippen molar-refractivity contribution in [2.75, 3.05) is 7.05 Å². The highest BCUT2D eigenvalue weighted by Crippen LogP contribution is 2.23. The monoisotopic (exact) mass is 315 g/mol. The molecule has 2 rings (SSSR count). The van der Waals surface area contributed by atoms with Crippen molar-refractivity contribution >= 4 is 12.4 Å². The lowest BCUT2D eigenvalue weighted by Crippen LogP contribution is -2.37. The number of carbonyl (C=O) groups is 2. The Labute approximate surface area is 135 Å². The van der Waals surface area contributed by atoms with Crippen LogP contribution < -0.4 is 0 Å². The molecule has 1 atom stereocenters. The Morgan fingerprint density at radius 1 is 1.30 bits per heavy atom. The van der Waals surface area contributed by atoms with Gasteiger partial charge in [-0.1, -0.05) is 30.3 Å². The van der Waals surface area contributed by atoms with Gasteiger partial charge >= 0.3 is 6.09 Å². The van der Waals surface area contributed by atoms with Crippen molar-refractivity contribution in [3.8, 4) is 11.3 Å². The summed E-state index contributed by atoms with van der Waals surface area (Å²) in [6.45, 7) is 5.33. The Bertz CT molecular complexity index is 674. The van der Waals surface area contributed by atoms with Gasteiger partial charge in [0, 0.05) is 12.6 Å². The fourth-order valence-electron chi connectivity index (χ4n) is 2.07. The predicted molar refractivity (Wildman–Crippen MR) is 86.8 cm³/mol. The Hall–Kier alpha value is -2.63. The van der Waals surface area contributed by atoms with Gasteiger partial charge in [-0.2, -0.15) is 5.10 Å². The molecule has 6 nitrogen and oxygen atoms in total. The number of H-pyrrole nitrogens is 1. The summed E-state index contributed by atoms with van der Waals surface area (Å²) in [5, 5.41) is 7.03. The Morgan fingerprint density at radius 2 is 1.96 bits per heavy atom. The number of carbonyl (C=O) groups excluding carboxylic acids is 2. The van der Waals surface area contributed by atoms with Gasteiger partial charge in [0.05, 0.1) is 11.4 Å². The highest BCUT2D eigenvalue weighted by molar-refractivity contribution is 5.74. The van der Waals surface area contributed by atoms with Gasteiger partial charge in [0.1, 0.15) is 17.9 Å². The van der Waals surface area contributed by atoms with Crippen molar-refractivity contribution < 1.29 is 14.3 Å². The zero-order chi connectivity index (χ0) is 17.0. The number of nitrogens with one attached hydrogen (secondary N) is 1. The Balaban J connectivity index is 2.20. The van der Waals surface area contributed by atoms with E-state index in [0.717, 1.165) is 5.56 Å². The van der Waals surface area contributed by atoms with E-state index in [1.807, 2.05) is 30.3 Å². The quantitative estimate of drug-likeness (QED) is 0.879. The SMILES string of the molecule is CN(C(=O)OC(C)(C)C)C(C=O)c1cc(-c2ccccc2)n[nH]1. The van der Waals surface area contributed by atoms with E-state index < -0.39 is 17.7 Å². The summed E-state index contributed by atoms with van der Waals surface area (Å²) < 4.78 is 5.29. The van der Waals surface area contributed by atoms with E-state index in [0.29, 0.717) is 17.7 Å². The lowest BCUT2D eigenvalue weighted by Gasteiger charge is -2.27. The maximum Gasteiger partial charge on any atom is 0.410 e. The van der Waals surface area contributed by atoms with Crippen molar-refractivity contribution in [1.29, 1.82) is 0 Å². The number of rotatable bonds is 4. The minimum atomic E-state index is -0.783. The van der Waals surface area contributed by atoms with E-state index in [4.69, 9.17) is 4.74 Å². The lowest BCUT2D eigenvalue weighted by molar-refractivity contribution is -0.112. The first kappa shape index (κ1) is 16.7. The first-order valence-electron chi connectivity index (χ1n) is 7.33. The zero-order valence-corrected chi connectivity index (χ0v) is 13.7. The number of aromatic nitrogens is 2. The van der Waals surface area contributed by atoms with Crippen LogP contribution in [0.25, 0.3) is 11.3 Å². The van der Waals surface area contributed by atoms with Crippen LogP contribution in [0.4, 0.5) is 4.79 Å². The molecule has 1 aromatic heterocycles. The van der Waals surface area contributed by atoms with Crippen molar-refractivity contribution in [3.05, 3.63) is 42.1 Å². The fraction of sp³-hybridized carbons (Fsp3) is 0.353. The van der Waals surface area contributed by atoms with E-state index in [1.165, 1.54) is 11.9 Å². The molecule has 0 spiro atoms. The number of hydrogen-bond donors (Lipinski definition) is 1. The molecule has 0 fully saturated rings. The summed E-state index contributed by atoms with van der Waals surface area (Å²) in [5.41, 5.74) is 1.55. The third-order valence-electron chi connectivity index (χ3n) is 3.21. The smallest absolute Gasteiger partial charge is 0.410 e. The van der Waals surface area contributed by atoms with E-state index in [2.05, 4.69) is 10.2 Å². The van der Waals surface area contributed by atoms with Crippen LogP contribution >= 0.6 is 0 Å². The van der Waals surface area contributed by atoms with Gasteiger partial charge in [0.2, 0.25) is 0 Å². The van der Waals surface area contributed by atoms with Crippen LogP contribution in [0.5, 0.6) is 0 Å². The second kappa shape index (κ2) is 6.64. The zero-order valence-electron chi connectivity index (χ0n) is 13.7. The van der Waals surface area contributed by atoms with Gasteiger partial charge < -0.3 is 9.53 Å². The van der Waals surface area contributed by atoms with Crippen LogP contribution in [-0.2, 0) is 9.53 Å². The summed E-state index contributed by atoms with van der Waals surface area (Å²) >= 11 is 0.